The van der Waals surface area contributed by atoms with E-state index in [2.05, 4.69) is 41.6 Å². The van der Waals surface area contributed by atoms with E-state index in [0.717, 1.165) is 23.9 Å². The Morgan fingerprint density at radius 1 is 1.26 bits per heavy atom. The molecule has 2 aromatic rings. The van der Waals surface area contributed by atoms with Gasteiger partial charge in [0.1, 0.15) is 0 Å². The summed E-state index contributed by atoms with van der Waals surface area (Å²) in [4.78, 5) is 4.53. The van der Waals surface area contributed by atoms with Crippen LogP contribution in [0.1, 0.15) is 38.2 Å². The maximum absolute atomic E-state index is 6.12. The first kappa shape index (κ1) is 12.5. The van der Waals surface area contributed by atoms with Crippen LogP contribution in [-0.4, -0.2) is 9.55 Å². The number of para-hydroxylation sites is 1. The van der Waals surface area contributed by atoms with Crippen molar-refractivity contribution in [2.75, 3.05) is 5.73 Å². The first-order valence-corrected chi connectivity index (χ1v) is 7.36. The Bertz CT molecular complexity index is 577. The molecule has 0 saturated heterocycles. The van der Waals surface area contributed by atoms with Gasteiger partial charge in [0, 0.05) is 6.54 Å². The lowest BCUT2D eigenvalue weighted by Gasteiger charge is -2.26. The predicted octanol–water partition coefficient (Wildman–Crippen LogP) is 3.75. The third kappa shape index (κ3) is 2.34. The molecular weight excluding hydrogens is 234 g/mol. The molecule has 0 unspecified atom stereocenters. The van der Waals surface area contributed by atoms with E-state index in [4.69, 9.17) is 5.73 Å². The lowest BCUT2D eigenvalue weighted by atomic mass is 9.83. The molecule has 1 saturated carbocycles. The lowest BCUT2D eigenvalue weighted by Crippen LogP contribution is -2.18. The number of nitrogens with two attached hydrogens (primary N) is 1. The second-order valence-corrected chi connectivity index (χ2v) is 6.15. The van der Waals surface area contributed by atoms with Gasteiger partial charge >= 0.3 is 0 Å². The van der Waals surface area contributed by atoms with Crippen molar-refractivity contribution in [2.45, 2.75) is 46.1 Å². The monoisotopic (exact) mass is 257 g/mol. The molecule has 19 heavy (non-hydrogen) atoms. The molecule has 0 radical (unpaired) electrons. The number of rotatable bonds is 2. The Balaban J connectivity index is 1.88. The van der Waals surface area contributed by atoms with Gasteiger partial charge in [-0.15, -0.1) is 0 Å². The van der Waals surface area contributed by atoms with Crippen LogP contribution in [0.2, 0.25) is 0 Å². The van der Waals surface area contributed by atoms with Gasteiger partial charge in [-0.25, -0.2) is 4.98 Å². The fourth-order valence-corrected chi connectivity index (χ4v) is 3.27. The van der Waals surface area contributed by atoms with Crippen LogP contribution in [0.25, 0.3) is 11.0 Å². The zero-order valence-corrected chi connectivity index (χ0v) is 11.9. The zero-order chi connectivity index (χ0) is 13.4. The minimum absolute atomic E-state index is 0.669. The van der Waals surface area contributed by atoms with Crippen molar-refractivity contribution in [3.8, 4) is 0 Å². The number of hydrogen-bond donors (Lipinski definition) is 1. The Morgan fingerprint density at radius 3 is 2.74 bits per heavy atom. The van der Waals surface area contributed by atoms with E-state index in [0.29, 0.717) is 5.95 Å². The molecule has 0 aliphatic heterocycles. The summed E-state index contributed by atoms with van der Waals surface area (Å²) in [5.74, 6) is 2.33. The predicted molar refractivity (Wildman–Crippen MR) is 80.0 cm³/mol. The van der Waals surface area contributed by atoms with Gasteiger partial charge in [-0.1, -0.05) is 31.9 Å². The highest BCUT2D eigenvalue weighted by atomic mass is 15.2. The third-order valence-electron chi connectivity index (χ3n) is 4.59. The van der Waals surface area contributed by atoms with Crippen LogP contribution >= 0.6 is 0 Å². The van der Waals surface area contributed by atoms with E-state index in [1.165, 1.54) is 36.8 Å². The Kier molecular flexibility index (Phi) is 3.21. The molecule has 1 aliphatic rings. The SMILES string of the molecule is Cc1cccc2c1nc(N)n2CC1CCC(C)CC1. The molecule has 102 valence electrons. The van der Waals surface area contributed by atoms with E-state index < -0.39 is 0 Å². The van der Waals surface area contributed by atoms with Crippen LogP contribution in [0, 0.1) is 18.8 Å². The number of benzene rings is 1. The minimum Gasteiger partial charge on any atom is -0.369 e. The van der Waals surface area contributed by atoms with Crippen LogP contribution in [0.4, 0.5) is 5.95 Å². The summed E-state index contributed by atoms with van der Waals surface area (Å²) >= 11 is 0. The highest BCUT2D eigenvalue weighted by Gasteiger charge is 2.20. The fourth-order valence-electron chi connectivity index (χ4n) is 3.27. The number of aromatic nitrogens is 2. The average Bonchev–Trinajstić information content (AvgIpc) is 2.71. The number of aryl methyl sites for hydroxylation is 1. The molecule has 1 aliphatic carbocycles. The van der Waals surface area contributed by atoms with Gasteiger partial charge in [0.05, 0.1) is 11.0 Å². The maximum atomic E-state index is 6.12. The molecule has 3 rings (SSSR count). The van der Waals surface area contributed by atoms with Crippen molar-refractivity contribution < 1.29 is 0 Å². The minimum atomic E-state index is 0.669. The van der Waals surface area contributed by atoms with Gasteiger partial charge in [0.25, 0.3) is 0 Å². The van der Waals surface area contributed by atoms with Crippen molar-refractivity contribution in [1.82, 2.24) is 9.55 Å². The molecular formula is C16H23N3. The number of imidazole rings is 1. The quantitative estimate of drug-likeness (QED) is 0.890. The first-order valence-electron chi connectivity index (χ1n) is 7.36. The number of nitrogens with zero attached hydrogens (tertiary/aromatic N) is 2. The summed E-state index contributed by atoms with van der Waals surface area (Å²) in [7, 11) is 0. The van der Waals surface area contributed by atoms with Crippen LogP contribution in [0.3, 0.4) is 0 Å². The highest BCUT2D eigenvalue weighted by molar-refractivity contribution is 5.81. The zero-order valence-electron chi connectivity index (χ0n) is 11.9. The summed E-state index contributed by atoms with van der Waals surface area (Å²) < 4.78 is 2.21. The number of nitrogen functional groups attached to an aromatic ring is 1. The standard InChI is InChI=1S/C16H23N3/c1-11-6-8-13(9-7-11)10-19-14-5-3-4-12(2)15(14)18-16(19)17/h3-5,11,13H,6-10H2,1-2H3,(H2,17,18). The van der Waals surface area contributed by atoms with Crippen LogP contribution in [-0.2, 0) is 6.54 Å². The molecule has 0 amide bonds. The van der Waals surface area contributed by atoms with E-state index in [-0.39, 0.29) is 0 Å². The van der Waals surface area contributed by atoms with Crippen molar-refractivity contribution in [3.63, 3.8) is 0 Å². The molecule has 2 N–H and O–H groups in total. The molecule has 1 aromatic heterocycles. The van der Waals surface area contributed by atoms with Crippen molar-refractivity contribution >= 4 is 17.0 Å². The van der Waals surface area contributed by atoms with Gasteiger partial charge in [0.15, 0.2) is 0 Å². The van der Waals surface area contributed by atoms with E-state index in [9.17, 15) is 0 Å². The average molecular weight is 257 g/mol. The summed E-state index contributed by atoms with van der Waals surface area (Å²) in [6.45, 7) is 5.49. The Morgan fingerprint density at radius 2 is 2.00 bits per heavy atom. The third-order valence-corrected chi connectivity index (χ3v) is 4.59. The lowest BCUT2D eigenvalue weighted by molar-refractivity contribution is 0.267. The van der Waals surface area contributed by atoms with Gasteiger partial charge < -0.3 is 10.3 Å². The second kappa shape index (κ2) is 4.87. The molecule has 0 atom stereocenters. The van der Waals surface area contributed by atoms with Gasteiger partial charge in [0.2, 0.25) is 5.95 Å². The Labute approximate surface area is 114 Å². The summed E-state index contributed by atoms with van der Waals surface area (Å²) in [6.07, 6.45) is 5.37. The number of anilines is 1. The molecule has 3 nitrogen and oxygen atoms in total. The summed E-state index contributed by atoms with van der Waals surface area (Å²) in [5, 5.41) is 0. The molecule has 0 bridgehead atoms. The Hall–Kier alpha value is -1.51. The summed E-state index contributed by atoms with van der Waals surface area (Å²) in [5.41, 5.74) is 9.58. The smallest absolute Gasteiger partial charge is 0.201 e. The van der Waals surface area contributed by atoms with Gasteiger partial charge in [-0.3, -0.25) is 0 Å². The van der Waals surface area contributed by atoms with Crippen molar-refractivity contribution in [1.29, 1.82) is 0 Å². The first-order chi connectivity index (χ1) is 9.15. The fraction of sp³-hybridized carbons (Fsp3) is 0.562. The van der Waals surface area contributed by atoms with E-state index >= 15 is 0 Å². The number of fused-ring (bicyclic) bond motifs is 1. The highest BCUT2D eigenvalue weighted by Crippen LogP contribution is 2.31. The molecule has 1 aromatic carbocycles. The van der Waals surface area contributed by atoms with Gasteiger partial charge in [-0.05, 0) is 43.2 Å². The molecule has 3 heteroatoms. The van der Waals surface area contributed by atoms with E-state index in [1.54, 1.807) is 0 Å². The van der Waals surface area contributed by atoms with Crippen LogP contribution < -0.4 is 5.73 Å². The number of hydrogen-bond acceptors (Lipinski definition) is 2. The molecule has 1 heterocycles. The van der Waals surface area contributed by atoms with E-state index in [1.807, 2.05) is 0 Å². The topological polar surface area (TPSA) is 43.8 Å². The van der Waals surface area contributed by atoms with Gasteiger partial charge in [-0.2, -0.15) is 0 Å². The maximum Gasteiger partial charge on any atom is 0.201 e. The largest absolute Gasteiger partial charge is 0.369 e. The molecule has 1 fully saturated rings. The molecule has 0 spiro atoms. The van der Waals surface area contributed by atoms with Crippen LogP contribution in [0.5, 0.6) is 0 Å². The summed E-state index contributed by atoms with van der Waals surface area (Å²) in [6, 6.07) is 6.33. The van der Waals surface area contributed by atoms with Crippen LogP contribution in [0.15, 0.2) is 18.2 Å². The van der Waals surface area contributed by atoms with Crippen molar-refractivity contribution in [2.24, 2.45) is 11.8 Å². The normalized spacial score (nSPS) is 23.9. The van der Waals surface area contributed by atoms with Crippen molar-refractivity contribution in [3.05, 3.63) is 23.8 Å². The second-order valence-electron chi connectivity index (χ2n) is 6.15.